The lowest BCUT2D eigenvalue weighted by atomic mass is 9.98. The summed E-state index contributed by atoms with van der Waals surface area (Å²) in [4.78, 5) is 35.0. The number of likely N-dealkylation sites (tertiary alicyclic amines) is 1. The van der Waals surface area contributed by atoms with Gasteiger partial charge in [0, 0.05) is 81.0 Å². The first-order valence-electron chi connectivity index (χ1n) is 11.5. The molecule has 3 aromatic rings. The van der Waals surface area contributed by atoms with Crippen molar-refractivity contribution in [1.29, 1.82) is 0 Å². The molecule has 1 aromatic heterocycles. The maximum absolute atomic E-state index is 13.6. The van der Waals surface area contributed by atoms with Gasteiger partial charge in [0.1, 0.15) is 5.75 Å². The van der Waals surface area contributed by atoms with E-state index in [0.29, 0.717) is 43.2 Å². The number of fused-ring (bicyclic) bond motifs is 3. The summed E-state index contributed by atoms with van der Waals surface area (Å²) in [6.07, 6.45) is 0.876. The molecule has 35 heavy (non-hydrogen) atoms. The van der Waals surface area contributed by atoms with E-state index < -0.39 is 12.0 Å². The second-order valence-corrected chi connectivity index (χ2v) is 9.24. The summed E-state index contributed by atoms with van der Waals surface area (Å²) in [6, 6.07) is 12.5. The fraction of sp³-hybridized carbons (Fsp3) is 0.346. The van der Waals surface area contributed by atoms with E-state index in [-0.39, 0.29) is 18.7 Å². The highest BCUT2D eigenvalue weighted by molar-refractivity contribution is 6.13. The minimum atomic E-state index is -2.61. The Balaban J connectivity index is 1.45. The minimum Gasteiger partial charge on any atom is -0.410 e. The number of amides is 2. The number of piperidine rings is 1. The summed E-state index contributed by atoms with van der Waals surface area (Å²) in [5, 5.41) is 0.923. The first-order valence-corrected chi connectivity index (χ1v) is 11.5. The molecule has 7 nitrogen and oxygen atoms in total. The van der Waals surface area contributed by atoms with Crippen LogP contribution in [0.15, 0.2) is 48.7 Å². The number of carbonyl (C=O) groups excluding carboxylic acids is 2. The fourth-order valence-corrected chi connectivity index (χ4v) is 4.62. The number of pyridine rings is 1. The van der Waals surface area contributed by atoms with E-state index in [1.807, 2.05) is 23.1 Å². The van der Waals surface area contributed by atoms with Gasteiger partial charge in [-0.1, -0.05) is 12.1 Å². The van der Waals surface area contributed by atoms with Crippen LogP contribution < -0.4 is 9.64 Å². The normalized spacial score (nSPS) is 17.5. The standard InChI is InChI=1S/C26H26F2N4O3/c1-30(2)25(34)35-19-6-3-5-18(14-19)32-16-22-21(24(32)33)13-17(20-7-4-10-29-23(20)22)15-31-11-8-26(27,28)9-12-31/h3-7,10,13-14H,8-9,11-12,15-16H2,1-2H3. The van der Waals surface area contributed by atoms with Crippen molar-refractivity contribution in [3.8, 4) is 5.75 Å². The summed E-state index contributed by atoms with van der Waals surface area (Å²) in [6.45, 7) is 1.44. The molecule has 2 aromatic carbocycles. The van der Waals surface area contributed by atoms with Gasteiger partial charge in [-0.3, -0.25) is 14.7 Å². The van der Waals surface area contributed by atoms with E-state index in [1.54, 1.807) is 49.5 Å². The van der Waals surface area contributed by atoms with Crippen LogP contribution in [0, 0.1) is 0 Å². The summed E-state index contributed by atoms with van der Waals surface area (Å²) < 4.78 is 32.6. The molecule has 0 atom stereocenters. The Bertz CT molecular complexity index is 1300. The topological polar surface area (TPSA) is 66.0 Å². The van der Waals surface area contributed by atoms with Gasteiger partial charge in [-0.2, -0.15) is 0 Å². The number of hydrogen-bond acceptors (Lipinski definition) is 5. The lowest BCUT2D eigenvalue weighted by Crippen LogP contribution is -2.38. The van der Waals surface area contributed by atoms with E-state index in [0.717, 1.165) is 22.0 Å². The van der Waals surface area contributed by atoms with Crippen LogP contribution >= 0.6 is 0 Å². The monoisotopic (exact) mass is 480 g/mol. The fourth-order valence-electron chi connectivity index (χ4n) is 4.62. The van der Waals surface area contributed by atoms with Crippen LogP contribution in [0.25, 0.3) is 10.9 Å². The zero-order chi connectivity index (χ0) is 24.7. The van der Waals surface area contributed by atoms with Crippen LogP contribution in [0.4, 0.5) is 19.3 Å². The number of anilines is 1. The van der Waals surface area contributed by atoms with Crippen LogP contribution in [-0.4, -0.2) is 59.9 Å². The number of aromatic nitrogens is 1. The number of carbonyl (C=O) groups is 2. The smallest absolute Gasteiger partial charge is 0.410 e. The molecule has 2 aliphatic heterocycles. The number of nitrogens with zero attached hydrogens (tertiary/aromatic N) is 4. The Morgan fingerprint density at radius 1 is 1.14 bits per heavy atom. The summed E-state index contributed by atoms with van der Waals surface area (Å²) in [7, 11) is 3.19. The zero-order valence-corrected chi connectivity index (χ0v) is 19.6. The van der Waals surface area contributed by atoms with Crippen molar-refractivity contribution in [2.75, 3.05) is 32.1 Å². The van der Waals surface area contributed by atoms with Crippen molar-refractivity contribution < 1.29 is 23.1 Å². The van der Waals surface area contributed by atoms with Crippen LogP contribution in [-0.2, 0) is 13.1 Å². The van der Waals surface area contributed by atoms with Gasteiger partial charge in [0.15, 0.2) is 0 Å². The highest BCUT2D eigenvalue weighted by Crippen LogP contribution is 2.36. The van der Waals surface area contributed by atoms with Crippen molar-refractivity contribution in [3.05, 3.63) is 65.4 Å². The Morgan fingerprint density at radius 2 is 1.91 bits per heavy atom. The van der Waals surface area contributed by atoms with Crippen molar-refractivity contribution in [3.63, 3.8) is 0 Å². The third kappa shape index (κ3) is 4.55. The molecule has 0 N–H and O–H groups in total. The van der Waals surface area contributed by atoms with Gasteiger partial charge in [0.05, 0.1) is 12.1 Å². The molecule has 1 saturated heterocycles. The molecule has 9 heteroatoms. The SMILES string of the molecule is CN(C)C(=O)Oc1cccc(N2Cc3c(cc(CN4CCC(F)(F)CC4)c4cccnc34)C2=O)c1. The molecule has 0 bridgehead atoms. The summed E-state index contributed by atoms with van der Waals surface area (Å²) >= 11 is 0. The summed E-state index contributed by atoms with van der Waals surface area (Å²) in [5.41, 5.74) is 3.65. The molecule has 0 radical (unpaired) electrons. The molecule has 2 aliphatic rings. The number of halogens is 2. The number of benzene rings is 2. The molecule has 0 unspecified atom stereocenters. The van der Waals surface area contributed by atoms with Crippen molar-refractivity contribution >= 4 is 28.6 Å². The second kappa shape index (κ2) is 8.88. The molecule has 1 fully saturated rings. The van der Waals surface area contributed by atoms with E-state index in [1.165, 1.54) is 4.90 Å². The lowest BCUT2D eigenvalue weighted by molar-refractivity contribution is -0.0565. The maximum atomic E-state index is 13.6. The van der Waals surface area contributed by atoms with Gasteiger partial charge in [-0.25, -0.2) is 13.6 Å². The van der Waals surface area contributed by atoms with E-state index >= 15 is 0 Å². The highest BCUT2D eigenvalue weighted by atomic mass is 19.3. The zero-order valence-electron chi connectivity index (χ0n) is 19.6. The van der Waals surface area contributed by atoms with Crippen LogP contribution in [0.2, 0.25) is 0 Å². The number of hydrogen-bond donors (Lipinski definition) is 0. The summed E-state index contributed by atoms with van der Waals surface area (Å²) in [5.74, 6) is -2.44. The van der Waals surface area contributed by atoms with E-state index in [4.69, 9.17) is 4.74 Å². The average Bonchev–Trinajstić information content (AvgIpc) is 3.17. The number of alkyl halides is 2. The minimum absolute atomic E-state index is 0.157. The van der Waals surface area contributed by atoms with Gasteiger partial charge in [0.2, 0.25) is 0 Å². The van der Waals surface area contributed by atoms with Gasteiger partial charge < -0.3 is 14.5 Å². The third-order valence-corrected chi connectivity index (χ3v) is 6.56. The first-order chi connectivity index (χ1) is 16.7. The Kier molecular flexibility index (Phi) is 5.88. The van der Waals surface area contributed by atoms with Gasteiger partial charge in [-0.15, -0.1) is 0 Å². The quantitative estimate of drug-likeness (QED) is 0.542. The van der Waals surface area contributed by atoms with Gasteiger partial charge in [0.25, 0.3) is 11.8 Å². The van der Waals surface area contributed by atoms with Crippen LogP contribution in [0.1, 0.15) is 34.3 Å². The third-order valence-electron chi connectivity index (χ3n) is 6.56. The number of rotatable bonds is 4. The molecule has 0 spiro atoms. The molecular weight excluding hydrogens is 454 g/mol. The molecule has 0 saturated carbocycles. The molecule has 5 rings (SSSR count). The average molecular weight is 481 g/mol. The Labute approximate surface area is 201 Å². The predicted octanol–water partition coefficient (Wildman–Crippen LogP) is 4.69. The number of ether oxygens (including phenoxy) is 1. The van der Waals surface area contributed by atoms with E-state index in [2.05, 4.69) is 4.98 Å². The maximum Gasteiger partial charge on any atom is 0.414 e. The molecule has 3 heterocycles. The molecular formula is C26H26F2N4O3. The Hall–Kier alpha value is -3.59. The highest BCUT2D eigenvalue weighted by Gasteiger charge is 2.35. The lowest BCUT2D eigenvalue weighted by Gasteiger charge is -2.32. The van der Waals surface area contributed by atoms with Crippen molar-refractivity contribution in [1.82, 2.24) is 14.8 Å². The van der Waals surface area contributed by atoms with Gasteiger partial charge in [-0.05, 0) is 29.8 Å². The van der Waals surface area contributed by atoms with Crippen LogP contribution in [0.5, 0.6) is 5.75 Å². The molecule has 182 valence electrons. The van der Waals surface area contributed by atoms with Crippen molar-refractivity contribution in [2.45, 2.75) is 31.9 Å². The molecule has 2 amide bonds. The Morgan fingerprint density at radius 3 is 2.66 bits per heavy atom. The first kappa shape index (κ1) is 23.2. The second-order valence-electron chi connectivity index (χ2n) is 9.24. The van der Waals surface area contributed by atoms with Gasteiger partial charge >= 0.3 is 6.09 Å². The van der Waals surface area contributed by atoms with Crippen molar-refractivity contribution in [2.24, 2.45) is 0 Å². The largest absolute Gasteiger partial charge is 0.414 e. The van der Waals surface area contributed by atoms with E-state index in [9.17, 15) is 18.4 Å². The van der Waals surface area contributed by atoms with Crippen LogP contribution in [0.3, 0.4) is 0 Å². The molecule has 0 aliphatic carbocycles. The predicted molar refractivity (Wildman–Crippen MR) is 128 cm³/mol.